The predicted molar refractivity (Wildman–Crippen MR) is 131 cm³/mol. The number of thiazole rings is 1. The van der Waals surface area contributed by atoms with E-state index in [0.29, 0.717) is 16.1 Å². The van der Waals surface area contributed by atoms with E-state index in [1.54, 1.807) is 25.5 Å². The van der Waals surface area contributed by atoms with Gasteiger partial charge in [-0.15, -0.1) is 11.3 Å². The molecule has 4 aromatic heterocycles. The van der Waals surface area contributed by atoms with Crippen molar-refractivity contribution in [3.05, 3.63) is 82.3 Å². The highest BCUT2D eigenvalue weighted by Crippen LogP contribution is 2.27. The van der Waals surface area contributed by atoms with E-state index in [9.17, 15) is 4.79 Å². The molecular formula is C25H23N5O3S. The van der Waals surface area contributed by atoms with Crippen LogP contribution in [-0.2, 0) is 16.0 Å². The number of pyridine rings is 2. The molecule has 0 radical (unpaired) electrons. The molecule has 0 saturated carbocycles. The Kier molecular flexibility index (Phi) is 7.67. The molecule has 0 bridgehead atoms. The predicted octanol–water partition coefficient (Wildman–Crippen LogP) is 4.53. The summed E-state index contributed by atoms with van der Waals surface area (Å²) >= 11 is 1.43. The second-order valence-corrected chi connectivity index (χ2v) is 8.00. The van der Waals surface area contributed by atoms with Gasteiger partial charge in [-0.3, -0.25) is 0 Å². The number of carbonyl (C=O) groups excluding carboxylic acids is 1. The number of carbonyl (C=O) groups is 1. The summed E-state index contributed by atoms with van der Waals surface area (Å²) in [6.45, 7) is 2.05. The van der Waals surface area contributed by atoms with Crippen LogP contribution in [0.2, 0.25) is 0 Å². The van der Waals surface area contributed by atoms with Crippen molar-refractivity contribution in [1.82, 2.24) is 24.9 Å². The van der Waals surface area contributed by atoms with E-state index in [1.807, 2.05) is 35.7 Å². The summed E-state index contributed by atoms with van der Waals surface area (Å²) < 4.78 is 10.1. The van der Waals surface area contributed by atoms with Crippen LogP contribution < -0.4 is 4.74 Å². The van der Waals surface area contributed by atoms with Gasteiger partial charge in [0.1, 0.15) is 5.01 Å². The van der Waals surface area contributed by atoms with Crippen LogP contribution in [0.3, 0.4) is 0 Å². The number of aryl methyl sites for hydroxylation is 1. The number of methoxy groups -OCH3 is 1. The molecule has 0 amide bonds. The molecule has 9 heteroatoms. The Morgan fingerprint density at radius 2 is 1.97 bits per heavy atom. The summed E-state index contributed by atoms with van der Waals surface area (Å²) in [7, 11) is 1.50. The number of fused-ring (bicyclic) bond motifs is 1. The van der Waals surface area contributed by atoms with Gasteiger partial charge in [-0.2, -0.15) is 0 Å². The number of rotatable bonds is 9. The van der Waals surface area contributed by atoms with Crippen LogP contribution in [0.15, 0.2) is 60.4 Å². The second kappa shape index (κ2) is 11.2. The lowest BCUT2D eigenvalue weighted by Crippen LogP contribution is -2.02. The first-order chi connectivity index (χ1) is 16.7. The lowest BCUT2D eigenvalue weighted by Gasteiger charge is -2.05. The van der Waals surface area contributed by atoms with Crippen molar-refractivity contribution >= 4 is 40.0 Å². The van der Waals surface area contributed by atoms with Crippen molar-refractivity contribution in [2.24, 2.45) is 0 Å². The van der Waals surface area contributed by atoms with Crippen LogP contribution in [0.4, 0.5) is 0 Å². The summed E-state index contributed by atoms with van der Waals surface area (Å²) in [4.78, 5) is 34.0. The largest absolute Gasteiger partial charge is 0.467 e. The molecule has 0 aliphatic rings. The third-order valence-corrected chi connectivity index (χ3v) is 5.69. The average Bonchev–Trinajstić information content (AvgIpc) is 3.34. The molecule has 0 unspecified atom stereocenters. The van der Waals surface area contributed by atoms with E-state index in [0.717, 1.165) is 35.3 Å². The Morgan fingerprint density at radius 1 is 1.12 bits per heavy atom. The van der Waals surface area contributed by atoms with Gasteiger partial charge in [0, 0.05) is 52.3 Å². The standard InChI is InChI=1S/C25H23N5O3S/c1-3-33-22(31)13-21(18-14-27-25(32-2)28-15-18)24-30-20(16-34-24)9-5-4-8-19-11-10-17-7-6-12-26-23(17)29-19/h5-7,9-16H,3-4,8H2,1-2H3/b9-5+,21-13+. The molecule has 0 aliphatic carbocycles. The minimum atomic E-state index is -0.446. The van der Waals surface area contributed by atoms with Crippen molar-refractivity contribution in [3.63, 3.8) is 0 Å². The Labute approximate surface area is 201 Å². The molecule has 0 N–H and O–H groups in total. The summed E-state index contributed by atoms with van der Waals surface area (Å²) in [6, 6.07) is 8.23. The molecule has 8 nitrogen and oxygen atoms in total. The molecule has 0 atom stereocenters. The van der Waals surface area contributed by atoms with Gasteiger partial charge in [0.15, 0.2) is 5.65 Å². The van der Waals surface area contributed by atoms with Crippen molar-refractivity contribution in [2.75, 3.05) is 13.7 Å². The third-order valence-electron chi connectivity index (χ3n) is 4.80. The quantitative estimate of drug-likeness (QED) is 0.258. The molecular weight excluding hydrogens is 450 g/mol. The topological polar surface area (TPSA) is 100.0 Å². The monoisotopic (exact) mass is 473 g/mol. The fourth-order valence-electron chi connectivity index (χ4n) is 3.18. The zero-order chi connectivity index (χ0) is 23.8. The van der Waals surface area contributed by atoms with Crippen LogP contribution in [-0.4, -0.2) is 44.6 Å². The van der Waals surface area contributed by atoms with Gasteiger partial charge in [0.05, 0.1) is 19.4 Å². The maximum Gasteiger partial charge on any atom is 0.331 e. The van der Waals surface area contributed by atoms with Crippen molar-refractivity contribution in [1.29, 1.82) is 0 Å². The molecule has 0 aliphatic heterocycles. The number of hydrogen-bond donors (Lipinski definition) is 0. The van der Waals surface area contributed by atoms with Gasteiger partial charge in [-0.25, -0.2) is 29.7 Å². The Morgan fingerprint density at radius 3 is 2.76 bits per heavy atom. The molecule has 0 saturated heterocycles. The van der Waals surface area contributed by atoms with E-state index in [1.165, 1.54) is 24.5 Å². The first-order valence-electron chi connectivity index (χ1n) is 10.7. The minimum Gasteiger partial charge on any atom is -0.467 e. The lowest BCUT2D eigenvalue weighted by molar-refractivity contribution is -0.137. The fourth-order valence-corrected chi connectivity index (χ4v) is 4.01. The van der Waals surface area contributed by atoms with E-state index in [4.69, 9.17) is 9.47 Å². The molecule has 172 valence electrons. The number of allylic oxidation sites excluding steroid dienone is 1. The van der Waals surface area contributed by atoms with Gasteiger partial charge in [-0.1, -0.05) is 6.08 Å². The number of aromatic nitrogens is 5. The van der Waals surface area contributed by atoms with Crippen molar-refractivity contribution in [3.8, 4) is 6.01 Å². The summed E-state index contributed by atoms with van der Waals surface area (Å²) in [5.74, 6) is -0.446. The van der Waals surface area contributed by atoms with Gasteiger partial charge in [-0.05, 0) is 50.1 Å². The number of esters is 1. The fraction of sp³-hybridized carbons (Fsp3) is 0.200. The molecule has 0 spiro atoms. The van der Waals surface area contributed by atoms with Gasteiger partial charge >= 0.3 is 12.0 Å². The maximum absolute atomic E-state index is 12.1. The number of ether oxygens (including phenoxy) is 2. The normalized spacial score (nSPS) is 11.8. The molecule has 0 aromatic carbocycles. The Bertz CT molecular complexity index is 1330. The van der Waals surface area contributed by atoms with Gasteiger partial charge in [0.2, 0.25) is 0 Å². The molecule has 34 heavy (non-hydrogen) atoms. The summed E-state index contributed by atoms with van der Waals surface area (Å²) in [5.41, 5.74) is 3.80. The number of nitrogens with zero attached hydrogens (tertiary/aromatic N) is 5. The van der Waals surface area contributed by atoms with Crippen LogP contribution in [0.25, 0.3) is 22.7 Å². The first kappa shape index (κ1) is 23.2. The van der Waals surface area contributed by atoms with Crippen LogP contribution >= 0.6 is 11.3 Å². The highest BCUT2D eigenvalue weighted by Gasteiger charge is 2.14. The second-order valence-electron chi connectivity index (χ2n) is 7.14. The van der Waals surface area contributed by atoms with Crippen LogP contribution in [0.1, 0.15) is 35.3 Å². The van der Waals surface area contributed by atoms with E-state index < -0.39 is 5.97 Å². The Hall–Kier alpha value is -3.98. The van der Waals surface area contributed by atoms with Crippen LogP contribution in [0, 0.1) is 0 Å². The zero-order valence-electron chi connectivity index (χ0n) is 18.8. The van der Waals surface area contributed by atoms with E-state index in [-0.39, 0.29) is 12.6 Å². The third kappa shape index (κ3) is 5.87. The summed E-state index contributed by atoms with van der Waals surface area (Å²) in [5, 5.41) is 3.64. The van der Waals surface area contributed by atoms with Crippen LogP contribution in [0.5, 0.6) is 6.01 Å². The zero-order valence-corrected chi connectivity index (χ0v) is 19.7. The SMILES string of the molecule is CCOC(=O)/C=C(\c1cnc(OC)nc1)c1nc(/C=C/CCc2ccc3cccnc3n2)cs1. The van der Waals surface area contributed by atoms with E-state index in [2.05, 4.69) is 31.0 Å². The molecule has 4 heterocycles. The Balaban J connectivity index is 1.46. The molecule has 4 aromatic rings. The average molecular weight is 474 g/mol. The van der Waals surface area contributed by atoms with Crippen molar-refractivity contribution < 1.29 is 14.3 Å². The summed E-state index contributed by atoms with van der Waals surface area (Å²) in [6.07, 6.45) is 12.0. The highest BCUT2D eigenvalue weighted by atomic mass is 32.1. The van der Waals surface area contributed by atoms with Gasteiger partial charge in [0.25, 0.3) is 0 Å². The maximum atomic E-state index is 12.1. The lowest BCUT2D eigenvalue weighted by atomic mass is 10.1. The number of hydrogen-bond acceptors (Lipinski definition) is 9. The van der Waals surface area contributed by atoms with E-state index >= 15 is 0 Å². The van der Waals surface area contributed by atoms with Gasteiger partial charge < -0.3 is 9.47 Å². The molecule has 4 rings (SSSR count). The molecule has 0 fully saturated rings. The van der Waals surface area contributed by atoms with Crippen molar-refractivity contribution in [2.45, 2.75) is 19.8 Å². The smallest absolute Gasteiger partial charge is 0.331 e. The first-order valence-corrected chi connectivity index (χ1v) is 11.6. The minimum absolute atomic E-state index is 0.249. The highest BCUT2D eigenvalue weighted by molar-refractivity contribution is 7.11.